The van der Waals surface area contributed by atoms with Crippen LogP contribution in [0.5, 0.6) is 5.75 Å². The number of aromatic amines is 1. The number of H-pyrrole nitrogens is 1. The van der Waals surface area contributed by atoms with Crippen molar-refractivity contribution in [2.45, 2.75) is 4.90 Å². The molecular weight excluding hydrogens is 354 g/mol. The van der Waals surface area contributed by atoms with E-state index in [2.05, 4.69) is 26.7 Å². The second kappa shape index (κ2) is 6.57. The summed E-state index contributed by atoms with van der Waals surface area (Å²) in [7, 11) is -0.111. The highest BCUT2D eigenvalue weighted by atomic mass is 32.2. The number of methoxy groups -OCH3 is 1. The highest BCUT2D eigenvalue weighted by molar-refractivity contribution is 7.90. The van der Waals surface area contributed by atoms with Gasteiger partial charge in [0, 0.05) is 37.3 Å². The standard InChI is InChI=1S/C17H17N5O3S/c1-19-13-7-15(22-17-16(13)10(8-18)9-20-17)21-12-5-4-11(26(3,23)24)6-14(12)25-2/h4-7,9H,1-3H3,(H3,19,20,21,22). The highest BCUT2D eigenvalue weighted by Gasteiger charge is 2.14. The molecule has 1 aromatic carbocycles. The van der Waals surface area contributed by atoms with Crippen molar-refractivity contribution in [3.05, 3.63) is 36.0 Å². The fourth-order valence-electron chi connectivity index (χ4n) is 2.63. The van der Waals surface area contributed by atoms with Gasteiger partial charge in [0.2, 0.25) is 0 Å². The second-order valence-electron chi connectivity index (χ2n) is 5.60. The molecule has 0 aliphatic rings. The van der Waals surface area contributed by atoms with E-state index in [9.17, 15) is 13.7 Å². The SMILES string of the molecule is CNc1cc(Nc2ccc(S(C)(=O)=O)cc2OC)nc2[nH]cc(C#N)c12. The molecule has 0 unspecified atom stereocenters. The minimum atomic E-state index is -3.33. The van der Waals surface area contributed by atoms with Gasteiger partial charge in [-0.1, -0.05) is 0 Å². The van der Waals surface area contributed by atoms with E-state index < -0.39 is 9.84 Å². The molecule has 0 bridgehead atoms. The summed E-state index contributed by atoms with van der Waals surface area (Å²) < 4.78 is 28.7. The Labute approximate surface area is 150 Å². The first-order valence-electron chi connectivity index (χ1n) is 7.62. The van der Waals surface area contributed by atoms with Gasteiger partial charge in [-0.15, -0.1) is 0 Å². The molecule has 8 nitrogen and oxygen atoms in total. The van der Waals surface area contributed by atoms with Gasteiger partial charge in [-0.3, -0.25) is 0 Å². The van der Waals surface area contributed by atoms with E-state index in [4.69, 9.17) is 4.74 Å². The molecule has 134 valence electrons. The van der Waals surface area contributed by atoms with Gasteiger partial charge in [-0.05, 0) is 12.1 Å². The molecule has 0 aliphatic heterocycles. The van der Waals surface area contributed by atoms with Crippen LogP contribution in [0.4, 0.5) is 17.2 Å². The third kappa shape index (κ3) is 3.14. The lowest BCUT2D eigenvalue weighted by atomic mass is 10.2. The van der Waals surface area contributed by atoms with E-state index in [1.165, 1.54) is 19.2 Å². The normalized spacial score (nSPS) is 11.2. The van der Waals surface area contributed by atoms with Crippen LogP contribution in [0.15, 0.2) is 35.4 Å². The summed E-state index contributed by atoms with van der Waals surface area (Å²) in [6.07, 6.45) is 2.74. The molecule has 0 radical (unpaired) electrons. The quantitative estimate of drug-likeness (QED) is 0.630. The largest absolute Gasteiger partial charge is 0.495 e. The summed E-state index contributed by atoms with van der Waals surface area (Å²) in [5.41, 5.74) is 2.36. The van der Waals surface area contributed by atoms with Gasteiger partial charge < -0.3 is 20.4 Å². The molecule has 0 atom stereocenters. The van der Waals surface area contributed by atoms with Gasteiger partial charge in [-0.2, -0.15) is 5.26 Å². The number of sulfone groups is 1. The summed E-state index contributed by atoms with van der Waals surface area (Å²) in [5, 5.41) is 16.1. The molecule has 0 aliphatic carbocycles. The third-order valence-corrected chi connectivity index (χ3v) is 5.01. The third-order valence-electron chi connectivity index (χ3n) is 3.90. The van der Waals surface area contributed by atoms with Gasteiger partial charge in [0.25, 0.3) is 0 Å². The number of hydrogen-bond acceptors (Lipinski definition) is 7. The molecule has 3 N–H and O–H groups in total. The van der Waals surface area contributed by atoms with Crippen LogP contribution in [0, 0.1) is 11.3 Å². The molecule has 9 heteroatoms. The van der Waals surface area contributed by atoms with Crippen molar-refractivity contribution in [3.63, 3.8) is 0 Å². The fraction of sp³-hybridized carbons (Fsp3) is 0.176. The lowest BCUT2D eigenvalue weighted by Gasteiger charge is -2.13. The van der Waals surface area contributed by atoms with Gasteiger partial charge in [-0.25, -0.2) is 13.4 Å². The summed E-state index contributed by atoms with van der Waals surface area (Å²) in [6.45, 7) is 0. The summed E-state index contributed by atoms with van der Waals surface area (Å²) in [6, 6.07) is 8.47. The Morgan fingerprint density at radius 1 is 1.27 bits per heavy atom. The molecule has 0 spiro atoms. The molecule has 2 aromatic heterocycles. The molecule has 0 saturated carbocycles. The van der Waals surface area contributed by atoms with E-state index in [0.29, 0.717) is 33.9 Å². The maximum absolute atomic E-state index is 11.7. The zero-order valence-corrected chi connectivity index (χ0v) is 15.2. The molecule has 3 rings (SSSR count). The minimum Gasteiger partial charge on any atom is -0.495 e. The Balaban J connectivity index is 2.05. The van der Waals surface area contributed by atoms with Crippen LogP contribution < -0.4 is 15.4 Å². The number of rotatable bonds is 5. The Bertz CT molecular complexity index is 1130. The van der Waals surface area contributed by atoms with Crippen molar-refractivity contribution < 1.29 is 13.2 Å². The molecule has 26 heavy (non-hydrogen) atoms. The van der Waals surface area contributed by atoms with Crippen LogP contribution in [0.2, 0.25) is 0 Å². The fourth-order valence-corrected chi connectivity index (χ4v) is 3.26. The van der Waals surface area contributed by atoms with Crippen molar-refractivity contribution in [2.75, 3.05) is 31.0 Å². The lowest BCUT2D eigenvalue weighted by molar-refractivity contribution is 0.415. The van der Waals surface area contributed by atoms with E-state index >= 15 is 0 Å². The van der Waals surface area contributed by atoms with Crippen molar-refractivity contribution in [3.8, 4) is 11.8 Å². The Kier molecular flexibility index (Phi) is 4.44. The van der Waals surface area contributed by atoms with Crippen LogP contribution >= 0.6 is 0 Å². The number of ether oxygens (including phenoxy) is 1. The number of benzene rings is 1. The second-order valence-corrected chi connectivity index (χ2v) is 7.62. The zero-order chi connectivity index (χ0) is 18.9. The Morgan fingerprint density at radius 3 is 2.65 bits per heavy atom. The minimum absolute atomic E-state index is 0.169. The van der Waals surface area contributed by atoms with Crippen LogP contribution in [-0.4, -0.2) is 38.8 Å². The summed E-state index contributed by atoms with van der Waals surface area (Å²) in [4.78, 5) is 7.60. The lowest BCUT2D eigenvalue weighted by Crippen LogP contribution is -2.02. The summed E-state index contributed by atoms with van der Waals surface area (Å²) in [5.74, 6) is 0.892. The number of pyridine rings is 1. The van der Waals surface area contributed by atoms with Crippen LogP contribution in [0.3, 0.4) is 0 Å². The zero-order valence-electron chi connectivity index (χ0n) is 14.4. The number of nitrogens with one attached hydrogen (secondary N) is 3. The molecular formula is C17H17N5O3S. The van der Waals surface area contributed by atoms with Gasteiger partial charge >= 0.3 is 0 Å². The van der Waals surface area contributed by atoms with E-state index in [1.54, 1.807) is 25.4 Å². The molecule has 0 amide bonds. The highest BCUT2D eigenvalue weighted by Crippen LogP contribution is 2.33. The first kappa shape index (κ1) is 17.6. The first-order chi connectivity index (χ1) is 12.4. The topological polar surface area (TPSA) is 120 Å². The van der Waals surface area contributed by atoms with Crippen molar-refractivity contribution in [2.24, 2.45) is 0 Å². The number of hydrogen-bond donors (Lipinski definition) is 3. The molecule has 0 saturated heterocycles. The van der Waals surface area contributed by atoms with Crippen molar-refractivity contribution in [1.82, 2.24) is 9.97 Å². The van der Waals surface area contributed by atoms with Gasteiger partial charge in [0.15, 0.2) is 9.84 Å². The van der Waals surface area contributed by atoms with Gasteiger partial charge in [0.1, 0.15) is 23.3 Å². The number of anilines is 3. The first-order valence-corrected chi connectivity index (χ1v) is 9.51. The summed E-state index contributed by atoms with van der Waals surface area (Å²) >= 11 is 0. The molecule has 2 heterocycles. The van der Waals surface area contributed by atoms with E-state index in [0.717, 1.165) is 11.9 Å². The predicted molar refractivity (Wildman–Crippen MR) is 99.7 cm³/mol. The number of nitrogens with zero attached hydrogens (tertiary/aromatic N) is 2. The predicted octanol–water partition coefficient (Wildman–Crippen LogP) is 2.63. The number of fused-ring (bicyclic) bond motifs is 1. The van der Waals surface area contributed by atoms with Crippen molar-refractivity contribution >= 4 is 38.1 Å². The van der Waals surface area contributed by atoms with E-state index in [-0.39, 0.29) is 4.90 Å². The molecule has 3 aromatic rings. The number of aromatic nitrogens is 2. The number of nitriles is 1. The van der Waals surface area contributed by atoms with Crippen LogP contribution in [-0.2, 0) is 9.84 Å². The maximum atomic E-state index is 11.7. The Morgan fingerprint density at radius 2 is 2.04 bits per heavy atom. The monoisotopic (exact) mass is 371 g/mol. The average molecular weight is 371 g/mol. The average Bonchev–Trinajstić information content (AvgIpc) is 3.03. The van der Waals surface area contributed by atoms with E-state index in [1.807, 2.05) is 0 Å². The van der Waals surface area contributed by atoms with Crippen LogP contribution in [0.25, 0.3) is 11.0 Å². The van der Waals surface area contributed by atoms with Crippen molar-refractivity contribution in [1.29, 1.82) is 5.26 Å². The maximum Gasteiger partial charge on any atom is 0.175 e. The van der Waals surface area contributed by atoms with Crippen LogP contribution in [0.1, 0.15) is 5.56 Å². The van der Waals surface area contributed by atoms with Gasteiger partial charge in [0.05, 0.1) is 28.6 Å². The molecule has 0 fully saturated rings. The Hall–Kier alpha value is -3.25. The smallest absolute Gasteiger partial charge is 0.175 e.